The third-order valence-electron chi connectivity index (χ3n) is 4.83. The van der Waals surface area contributed by atoms with Crippen molar-refractivity contribution in [3.63, 3.8) is 0 Å². The predicted octanol–water partition coefficient (Wildman–Crippen LogP) is 3.09. The molecule has 1 unspecified atom stereocenters. The first kappa shape index (κ1) is 20.1. The number of nitrogens with one attached hydrogen (secondary N) is 1. The number of guanidine groups is 1. The average molecular weight is 383 g/mol. The summed E-state index contributed by atoms with van der Waals surface area (Å²) >= 11 is 0. The zero-order chi connectivity index (χ0) is 19.6. The predicted molar refractivity (Wildman–Crippen MR) is 111 cm³/mol. The summed E-state index contributed by atoms with van der Waals surface area (Å²) in [5.41, 5.74) is 2.25. The van der Waals surface area contributed by atoms with Gasteiger partial charge >= 0.3 is 0 Å². The zero-order valence-corrected chi connectivity index (χ0v) is 16.8. The molecule has 3 rings (SSSR count). The third-order valence-corrected chi connectivity index (χ3v) is 4.83. The van der Waals surface area contributed by atoms with Gasteiger partial charge in [-0.1, -0.05) is 36.4 Å². The average Bonchev–Trinajstić information content (AvgIpc) is 3.19. The van der Waals surface area contributed by atoms with Gasteiger partial charge in [0.1, 0.15) is 0 Å². The first-order valence-electron chi connectivity index (χ1n) is 9.94. The Kier molecular flexibility index (Phi) is 7.67. The number of ether oxygens (including phenoxy) is 2. The molecule has 6 heteroatoms. The van der Waals surface area contributed by atoms with Gasteiger partial charge in [-0.05, 0) is 25.0 Å². The Labute approximate surface area is 167 Å². The summed E-state index contributed by atoms with van der Waals surface area (Å²) in [6.45, 7) is 6.61. The molecule has 1 aromatic heterocycles. The number of aliphatic imine (C=N–C) groups is 1. The Balaban J connectivity index is 1.45. The highest BCUT2D eigenvalue weighted by Gasteiger charge is 2.25. The molecular formula is C22H30N4O2. The molecule has 1 atom stereocenters. The molecule has 0 amide bonds. The van der Waals surface area contributed by atoms with Gasteiger partial charge in [0.2, 0.25) is 5.88 Å². The Morgan fingerprint density at radius 2 is 2.11 bits per heavy atom. The summed E-state index contributed by atoms with van der Waals surface area (Å²) in [6.07, 6.45) is 2.87. The molecule has 0 bridgehead atoms. The standard InChI is InChI=1S/C22H30N4O2/c1-3-28-21-20(10-7-12-24-21)14-25-22(23-2)26-13-11-19(15-26)17-27-16-18-8-5-4-6-9-18/h4-10,12,19H,3,11,13-17H2,1-2H3,(H,23,25). The van der Waals surface area contributed by atoms with Gasteiger partial charge in [-0.2, -0.15) is 0 Å². The Morgan fingerprint density at radius 1 is 1.25 bits per heavy atom. The van der Waals surface area contributed by atoms with Crippen molar-refractivity contribution in [2.75, 3.05) is 33.4 Å². The second-order valence-corrected chi connectivity index (χ2v) is 6.90. The lowest BCUT2D eigenvalue weighted by molar-refractivity contribution is 0.0906. The molecule has 1 saturated heterocycles. The van der Waals surface area contributed by atoms with Gasteiger partial charge in [-0.25, -0.2) is 4.98 Å². The van der Waals surface area contributed by atoms with E-state index >= 15 is 0 Å². The highest BCUT2D eigenvalue weighted by Crippen LogP contribution is 2.18. The van der Waals surface area contributed by atoms with E-state index < -0.39 is 0 Å². The van der Waals surface area contributed by atoms with Crippen LogP contribution in [0.25, 0.3) is 0 Å². The van der Waals surface area contributed by atoms with Crippen LogP contribution in [0.2, 0.25) is 0 Å². The summed E-state index contributed by atoms with van der Waals surface area (Å²) in [4.78, 5) is 11.1. The van der Waals surface area contributed by atoms with E-state index in [0.29, 0.717) is 31.6 Å². The van der Waals surface area contributed by atoms with E-state index in [2.05, 4.69) is 32.3 Å². The fraction of sp³-hybridized carbons (Fsp3) is 0.455. The van der Waals surface area contributed by atoms with Gasteiger partial charge in [0.15, 0.2) is 5.96 Å². The van der Waals surface area contributed by atoms with Crippen LogP contribution in [-0.4, -0.2) is 49.2 Å². The van der Waals surface area contributed by atoms with Crippen molar-refractivity contribution >= 4 is 5.96 Å². The quantitative estimate of drug-likeness (QED) is 0.562. The van der Waals surface area contributed by atoms with E-state index in [1.807, 2.05) is 44.3 Å². The van der Waals surface area contributed by atoms with Crippen molar-refractivity contribution in [1.29, 1.82) is 0 Å². The van der Waals surface area contributed by atoms with Crippen LogP contribution in [0.1, 0.15) is 24.5 Å². The minimum absolute atomic E-state index is 0.527. The van der Waals surface area contributed by atoms with Crippen molar-refractivity contribution < 1.29 is 9.47 Å². The maximum Gasteiger partial charge on any atom is 0.218 e. The molecule has 6 nitrogen and oxygen atoms in total. The summed E-state index contributed by atoms with van der Waals surface area (Å²) in [6, 6.07) is 14.3. The fourth-order valence-electron chi connectivity index (χ4n) is 3.41. The number of nitrogens with zero attached hydrogens (tertiary/aromatic N) is 3. The second kappa shape index (κ2) is 10.7. The maximum absolute atomic E-state index is 5.93. The highest BCUT2D eigenvalue weighted by molar-refractivity contribution is 5.80. The van der Waals surface area contributed by atoms with Gasteiger partial charge < -0.3 is 19.7 Å². The lowest BCUT2D eigenvalue weighted by Gasteiger charge is -2.22. The van der Waals surface area contributed by atoms with E-state index in [-0.39, 0.29) is 0 Å². The molecule has 1 N–H and O–H groups in total. The van der Waals surface area contributed by atoms with E-state index in [0.717, 1.165) is 37.6 Å². The number of likely N-dealkylation sites (tertiary alicyclic amines) is 1. The summed E-state index contributed by atoms with van der Waals surface area (Å²) in [5.74, 6) is 2.12. The van der Waals surface area contributed by atoms with Gasteiger partial charge in [0.25, 0.3) is 0 Å². The van der Waals surface area contributed by atoms with E-state index in [4.69, 9.17) is 9.47 Å². The monoisotopic (exact) mass is 382 g/mol. The Bertz CT molecular complexity index is 751. The molecule has 1 aliphatic heterocycles. The van der Waals surface area contributed by atoms with Gasteiger partial charge in [0.05, 0.1) is 19.8 Å². The topological polar surface area (TPSA) is 59.0 Å². The summed E-state index contributed by atoms with van der Waals surface area (Å²) in [5, 5.41) is 3.44. The molecule has 1 fully saturated rings. The Morgan fingerprint density at radius 3 is 2.89 bits per heavy atom. The third kappa shape index (κ3) is 5.70. The van der Waals surface area contributed by atoms with Crippen LogP contribution in [0, 0.1) is 5.92 Å². The zero-order valence-electron chi connectivity index (χ0n) is 16.8. The van der Waals surface area contributed by atoms with Crippen LogP contribution in [-0.2, 0) is 17.9 Å². The molecule has 1 aliphatic rings. The molecule has 2 heterocycles. The molecule has 1 aromatic carbocycles. The van der Waals surface area contributed by atoms with Crippen LogP contribution in [0.4, 0.5) is 0 Å². The molecule has 2 aromatic rings. The number of benzene rings is 1. The molecule has 0 spiro atoms. The van der Waals surface area contributed by atoms with Crippen LogP contribution < -0.4 is 10.1 Å². The minimum Gasteiger partial charge on any atom is -0.478 e. The van der Waals surface area contributed by atoms with Gasteiger partial charge in [0, 0.05) is 44.4 Å². The van der Waals surface area contributed by atoms with Crippen LogP contribution in [0.3, 0.4) is 0 Å². The van der Waals surface area contributed by atoms with E-state index in [1.54, 1.807) is 6.20 Å². The molecular weight excluding hydrogens is 352 g/mol. The number of hydrogen-bond donors (Lipinski definition) is 1. The molecule has 0 saturated carbocycles. The van der Waals surface area contributed by atoms with Crippen molar-refractivity contribution in [3.8, 4) is 5.88 Å². The molecule has 0 aliphatic carbocycles. The molecule has 28 heavy (non-hydrogen) atoms. The normalized spacial score (nSPS) is 17.0. The van der Waals surface area contributed by atoms with Crippen LogP contribution in [0.5, 0.6) is 5.88 Å². The lowest BCUT2D eigenvalue weighted by Crippen LogP contribution is -2.40. The van der Waals surface area contributed by atoms with Crippen molar-refractivity contribution in [2.24, 2.45) is 10.9 Å². The lowest BCUT2D eigenvalue weighted by atomic mass is 10.1. The summed E-state index contributed by atoms with van der Waals surface area (Å²) < 4.78 is 11.5. The van der Waals surface area contributed by atoms with Gasteiger partial charge in [-0.3, -0.25) is 4.99 Å². The van der Waals surface area contributed by atoms with Crippen LogP contribution >= 0.6 is 0 Å². The minimum atomic E-state index is 0.527. The first-order valence-corrected chi connectivity index (χ1v) is 9.94. The van der Waals surface area contributed by atoms with Crippen molar-refractivity contribution in [3.05, 3.63) is 59.8 Å². The van der Waals surface area contributed by atoms with Crippen molar-refractivity contribution in [1.82, 2.24) is 15.2 Å². The molecule has 150 valence electrons. The fourth-order valence-corrected chi connectivity index (χ4v) is 3.41. The second-order valence-electron chi connectivity index (χ2n) is 6.90. The van der Waals surface area contributed by atoms with Crippen LogP contribution in [0.15, 0.2) is 53.7 Å². The maximum atomic E-state index is 5.93. The number of hydrogen-bond acceptors (Lipinski definition) is 4. The Hall–Kier alpha value is -2.60. The number of rotatable bonds is 8. The SMILES string of the molecule is CCOc1ncccc1CNC(=NC)N1CCC(COCc2ccccc2)C1. The smallest absolute Gasteiger partial charge is 0.218 e. The number of pyridine rings is 1. The highest BCUT2D eigenvalue weighted by atomic mass is 16.5. The number of aromatic nitrogens is 1. The van der Waals surface area contributed by atoms with Gasteiger partial charge in [-0.15, -0.1) is 0 Å². The van der Waals surface area contributed by atoms with Crippen molar-refractivity contribution in [2.45, 2.75) is 26.5 Å². The largest absolute Gasteiger partial charge is 0.478 e. The van der Waals surface area contributed by atoms with E-state index in [1.165, 1.54) is 5.56 Å². The molecule has 0 radical (unpaired) electrons. The summed E-state index contributed by atoms with van der Waals surface area (Å²) in [7, 11) is 1.83. The van der Waals surface area contributed by atoms with E-state index in [9.17, 15) is 0 Å². The first-order chi connectivity index (χ1) is 13.8.